The van der Waals surface area contributed by atoms with Crippen LogP contribution in [0, 0.1) is 12.8 Å². The highest BCUT2D eigenvalue weighted by Crippen LogP contribution is 2.23. The number of nitrogens with zero attached hydrogens (tertiary/aromatic N) is 2. The monoisotopic (exact) mass is 479 g/mol. The highest BCUT2D eigenvalue weighted by Gasteiger charge is 2.15. The second kappa shape index (κ2) is 9.24. The zero-order valence-corrected chi connectivity index (χ0v) is 19.2. The fourth-order valence-electron chi connectivity index (χ4n) is 2.67. The van der Waals surface area contributed by atoms with Gasteiger partial charge in [0, 0.05) is 16.7 Å². The number of fused-ring (bicyclic) bond motifs is 1. The van der Waals surface area contributed by atoms with Gasteiger partial charge in [0.25, 0.3) is 5.56 Å². The Kier molecular flexibility index (Phi) is 6.95. The molecule has 1 N–H and O–H groups in total. The predicted octanol–water partition coefficient (Wildman–Crippen LogP) is 5.31. The normalized spacial score (nSPS) is 11.3. The van der Waals surface area contributed by atoms with Crippen molar-refractivity contribution in [2.24, 2.45) is 5.92 Å². The third-order valence-corrected chi connectivity index (χ3v) is 6.99. The van der Waals surface area contributed by atoms with Gasteiger partial charge < -0.3 is 5.32 Å². The van der Waals surface area contributed by atoms with Gasteiger partial charge in [-0.15, -0.1) is 11.3 Å². The molecule has 0 spiro atoms. The lowest BCUT2D eigenvalue weighted by molar-refractivity contribution is -0.113. The number of nitrogens with one attached hydrogen (secondary N) is 1. The van der Waals surface area contributed by atoms with Crippen LogP contribution in [0.4, 0.5) is 5.69 Å². The maximum atomic E-state index is 12.8. The molecule has 8 heteroatoms. The van der Waals surface area contributed by atoms with Crippen LogP contribution >= 0.6 is 39.0 Å². The van der Waals surface area contributed by atoms with Crippen LogP contribution in [0.2, 0.25) is 0 Å². The molecule has 0 aliphatic carbocycles. The van der Waals surface area contributed by atoms with E-state index in [2.05, 4.69) is 40.1 Å². The van der Waals surface area contributed by atoms with Crippen molar-refractivity contribution in [1.29, 1.82) is 0 Å². The van der Waals surface area contributed by atoms with Crippen LogP contribution in [0.5, 0.6) is 0 Å². The minimum atomic E-state index is -0.123. The summed E-state index contributed by atoms with van der Waals surface area (Å²) in [5.74, 6) is 0.549. The maximum absolute atomic E-state index is 12.8. The Labute approximate surface area is 180 Å². The quantitative estimate of drug-likeness (QED) is 0.368. The molecule has 0 unspecified atom stereocenters. The van der Waals surface area contributed by atoms with E-state index < -0.39 is 0 Å². The molecule has 3 aromatic rings. The first kappa shape index (κ1) is 21.1. The van der Waals surface area contributed by atoms with E-state index >= 15 is 0 Å². The summed E-state index contributed by atoms with van der Waals surface area (Å²) in [5.41, 5.74) is 2.48. The molecule has 28 heavy (non-hydrogen) atoms. The van der Waals surface area contributed by atoms with Gasteiger partial charge in [-0.2, -0.15) is 0 Å². The summed E-state index contributed by atoms with van der Waals surface area (Å²) in [5, 5.41) is 5.38. The summed E-state index contributed by atoms with van der Waals surface area (Å²) in [6.45, 7) is 6.83. The molecule has 0 aliphatic heterocycles. The number of hydrogen-bond acceptors (Lipinski definition) is 5. The van der Waals surface area contributed by atoms with Gasteiger partial charge in [-0.3, -0.25) is 14.2 Å². The zero-order valence-electron chi connectivity index (χ0n) is 16.0. The first-order valence-corrected chi connectivity index (χ1v) is 11.7. The van der Waals surface area contributed by atoms with Crippen molar-refractivity contribution in [3.8, 4) is 0 Å². The zero-order chi connectivity index (χ0) is 20.3. The lowest BCUT2D eigenvalue weighted by atomic mass is 10.1. The van der Waals surface area contributed by atoms with E-state index in [-0.39, 0.29) is 17.2 Å². The molecule has 1 aromatic carbocycles. The Morgan fingerprint density at radius 3 is 2.86 bits per heavy atom. The summed E-state index contributed by atoms with van der Waals surface area (Å²) in [6.07, 6.45) is 0.885. The standard InChI is InChI=1S/C20H22BrN3O2S2/c1-12(2)6-8-24-19(26)18-16(7-9-27-18)23-20(24)28-11-17(25)22-14-4-5-15(21)13(3)10-14/h4-5,7,9-10,12H,6,8,11H2,1-3H3,(H,22,25). The molecular weight excluding hydrogens is 458 g/mol. The van der Waals surface area contributed by atoms with Crippen molar-refractivity contribution < 1.29 is 4.79 Å². The van der Waals surface area contributed by atoms with E-state index in [0.717, 1.165) is 22.1 Å². The fraction of sp³-hybridized carbons (Fsp3) is 0.350. The number of carbonyl (C=O) groups is 1. The molecule has 0 saturated heterocycles. The van der Waals surface area contributed by atoms with Crippen molar-refractivity contribution >= 4 is 60.8 Å². The summed E-state index contributed by atoms with van der Waals surface area (Å²) in [6, 6.07) is 7.53. The molecular formula is C20H22BrN3O2S2. The molecule has 0 aliphatic rings. The number of amides is 1. The second-order valence-corrected chi connectivity index (χ2v) is 9.68. The lowest BCUT2D eigenvalue weighted by Gasteiger charge is -2.13. The van der Waals surface area contributed by atoms with Crippen molar-refractivity contribution in [1.82, 2.24) is 9.55 Å². The van der Waals surface area contributed by atoms with Gasteiger partial charge >= 0.3 is 0 Å². The lowest BCUT2D eigenvalue weighted by Crippen LogP contribution is -2.24. The van der Waals surface area contributed by atoms with Gasteiger partial charge in [0.05, 0.1) is 11.3 Å². The Morgan fingerprint density at radius 1 is 1.36 bits per heavy atom. The van der Waals surface area contributed by atoms with Gasteiger partial charge in [0.1, 0.15) is 4.70 Å². The number of thiophene rings is 1. The van der Waals surface area contributed by atoms with Gasteiger partial charge in [-0.25, -0.2) is 4.98 Å². The van der Waals surface area contributed by atoms with E-state index in [9.17, 15) is 9.59 Å². The molecule has 3 rings (SSSR count). The third kappa shape index (κ3) is 5.04. The van der Waals surface area contributed by atoms with Crippen LogP contribution in [0.3, 0.4) is 0 Å². The van der Waals surface area contributed by atoms with Crippen molar-refractivity contribution in [3.63, 3.8) is 0 Å². The first-order valence-electron chi connectivity index (χ1n) is 9.02. The number of halogens is 1. The van der Waals surface area contributed by atoms with Gasteiger partial charge in [-0.05, 0) is 54.5 Å². The third-order valence-electron chi connectivity index (χ3n) is 4.23. The van der Waals surface area contributed by atoms with Crippen LogP contribution in [0.25, 0.3) is 10.2 Å². The fourth-order valence-corrected chi connectivity index (χ4v) is 4.52. The minimum absolute atomic E-state index is 0.0212. The Balaban J connectivity index is 1.76. The van der Waals surface area contributed by atoms with Crippen LogP contribution < -0.4 is 10.9 Å². The Hall–Kier alpha value is -1.64. The molecule has 0 radical (unpaired) electrons. The number of aryl methyl sites for hydroxylation is 1. The largest absolute Gasteiger partial charge is 0.325 e. The van der Waals surface area contributed by atoms with Gasteiger partial charge in [0.15, 0.2) is 5.16 Å². The van der Waals surface area contributed by atoms with E-state index in [1.807, 2.05) is 36.6 Å². The average Bonchev–Trinajstić information content (AvgIpc) is 3.11. The number of carbonyl (C=O) groups excluding carboxylic acids is 1. The van der Waals surface area contributed by atoms with Crippen molar-refractivity contribution in [3.05, 3.63) is 50.0 Å². The van der Waals surface area contributed by atoms with Crippen LogP contribution in [0.15, 0.2) is 44.1 Å². The SMILES string of the molecule is Cc1cc(NC(=O)CSc2nc3ccsc3c(=O)n2CCC(C)C)ccc1Br. The van der Waals surface area contributed by atoms with Crippen molar-refractivity contribution in [2.45, 2.75) is 38.9 Å². The van der Waals surface area contributed by atoms with Crippen molar-refractivity contribution in [2.75, 3.05) is 11.1 Å². The first-order chi connectivity index (χ1) is 13.3. The molecule has 0 atom stereocenters. The Bertz CT molecular complexity index is 1060. The molecule has 1 amide bonds. The van der Waals surface area contributed by atoms with Crippen LogP contribution in [-0.4, -0.2) is 21.2 Å². The maximum Gasteiger partial charge on any atom is 0.272 e. The van der Waals surface area contributed by atoms with E-state index in [0.29, 0.717) is 27.8 Å². The summed E-state index contributed by atoms with van der Waals surface area (Å²) >= 11 is 6.17. The number of rotatable bonds is 7. The number of thioether (sulfide) groups is 1. The smallest absolute Gasteiger partial charge is 0.272 e. The number of hydrogen-bond donors (Lipinski definition) is 1. The second-order valence-electron chi connectivity index (χ2n) is 6.97. The molecule has 2 heterocycles. The predicted molar refractivity (Wildman–Crippen MR) is 122 cm³/mol. The Morgan fingerprint density at radius 2 is 2.14 bits per heavy atom. The minimum Gasteiger partial charge on any atom is -0.325 e. The summed E-state index contributed by atoms with van der Waals surface area (Å²) in [4.78, 5) is 29.9. The van der Waals surface area contributed by atoms with Gasteiger partial charge in [0.2, 0.25) is 5.91 Å². The van der Waals surface area contributed by atoms with Crippen LogP contribution in [0.1, 0.15) is 25.8 Å². The molecule has 0 bridgehead atoms. The molecule has 148 valence electrons. The average molecular weight is 480 g/mol. The molecule has 5 nitrogen and oxygen atoms in total. The molecule has 0 fully saturated rings. The van der Waals surface area contributed by atoms with E-state index in [1.54, 1.807) is 4.57 Å². The number of anilines is 1. The number of benzene rings is 1. The van der Waals surface area contributed by atoms with Gasteiger partial charge in [-0.1, -0.05) is 41.5 Å². The summed E-state index contributed by atoms with van der Waals surface area (Å²) in [7, 11) is 0. The number of aromatic nitrogens is 2. The summed E-state index contributed by atoms with van der Waals surface area (Å²) < 4.78 is 3.38. The van der Waals surface area contributed by atoms with E-state index in [4.69, 9.17) is 0 Å². The topological polar surface area (TPSA) is 64.0 Å². The highest BCUT2D eigenvalue weighted by atomic mass is 79.9. The molecule has 2 aromatic heterocycles. The highest BCUT2D eigenvalue weighted by molar-refractivity contribution is 9.10. The van der Waals surface area contributed by atoms with E-state index in [1.165, 1.54) is 23.1 Å². The van der Waals surface area contributed by atoms with Crippen LogP contribution in [-0.2, 0) is 11.3 Å². The molecule has 0 saturated carbocycles.